The summed E-state index contributed by atoms with van der Waals surface area (Å²) in [6.45, 7) is 2.04. The molecule has 0 spiro atoms. The molecule has 1 aromatic rings. The van der Waals surface area contributed by atoms with Crippen LogP contribution in [0.1, 0.15) is 12.7 Å². The van der Waals surface area contributed by atoms with Gasteiger partial charge in [0.1, 0.15) is 5.76 Å². The molecule has 44 valence electrons. The smallest absolute Gasteiger partial charge is 0.257 e. The molecule has 0 bridgehead atoms. The predicted octanol–water partition coefficient (Wildman–Crippen LogP) is 1.84. The van der Waals surface area contributed by atoms with Crippen molar-refractivity contribution in [2.45, 2.75) is 13.3 Å². The molecule has 0 N–H and O–H groups in total. The van der Waals surface area contributed by atoms with E-state index in [4.69, 9.17) is 4.42 Å². The summed E-state index contributed by atoms with van der Waals surface area (Å²) in [5.41, 5.74) is 0. The highest BCUT2D eigenvalue weighted by molar-refractivity contribution is 14.1. The van der Waals surface area contributed by atoms with Crippen molar-refractivity contribution in [3.63, 3.8) is 0 Å². The van der Waals surface area contributed by atoms with Gasteiger partial charge >= 0.3 is 0 Å². The second-order valence-corrected chi connectivity index (χ2v) is 2.36. The molecule has 0 fully saturated rings. The third kappa shape index (κ3) is 1.21. The fourth-order valence-electron chi connectivity index (χ4n) is 0.447. The van der Waals surface area contributed by atoms with Gasteiger partial charge in [-0.25, -0.2) is 4.98 Å². The fraction of sp³-hybridized carbons (Fsp3) is 0.400. The maximum absolute atomic E-state index is 5.11. The Bertz CT molecular complexity index is 173. The van der Waals surface area contributed by atoms with Crippen LogP contribution in [-0.2, 0) is 6.42 Å². The second-order valence-electron chi connectivity index (χ2n) is 1.43. The van der Waals surface area contributed by atoms with Crippen LogP contribution in [0, 0.1) is 3.90 Å². The second kappa shape index (κ2) is 2.48. The third-order valence-electron chi connectivity index (χ3n) is 0.874. The van der Waals surface area contributed by atoms with Crippen molar-refractivity contribution < 1.29 is 4.42 Å². The summed E-state index contributed by atoms with van der Waals surface area (Å²) in [5, 5.41) is 0. The van der Waals surface area contributed by atoms with Gasteiger partial charge in [0, 0.05) is 29.0 Å². The van der Waals surface area contributed by atoms with Crippen molar-refractivity contribution in [3.05, 3.63) is 15.9 Å². The average molecular weight is 223 g/mol. The first-order valence-corrected chi connectivity index (χ1v) is 3.51. The molecule has 0 unspecified atom stereocenters. The number of aryl methyl sites for hydroxylation is 1. The number of hydrogen-bond acceptors (Lipinski definition) is 2. The Morgan fingerprint density at radius 3 is 2.88 bits per heavy atom. The van der Waals surface area contributed by atoms with Crippen LogP contribution in [0.15, 0.2) is 10.6 Å². The summed E-state index contributed by atoms with van der Waals surface area (Å²) in [4.78, 5) is 3.91. The molecule has 8 heavy (non-hydrogen) atoms. The van der Waals surface area contributed by atoms with Crippen LogP contribution in [0.3, 0.4) is 0 Å². The Labute approximate surface area is 61.4 Å². The summed E-state index contributed by atoms with van der Waals surface area (Å²) in [7, 11) is 0. The molecule has 0 aliphatic heterocycles. The SMILES string of the molecule is CCc1cnc(I)o1. The number of nitrogens with zero attached hydrogens (tertiary/aromatic N) is 1. The molecule has 0 aliphatic rings. The monoisotopic (exact) mass is 223 g/mol. The first-order chi connectivity index (χ1) is 3.83. The van der Waals surface area contributed by atoms with Crippen LogP contribution in [0.5, 0.6) is 0 Å². The zero-order valence-corrected chi connectivity index (χ0v) is 6.68. The Hall–Kier alpha value is -0.0600. The topological polar surface area (TPSA) is 26.0 Å². The molecule has 0 amide bonds. The minimum Gasteiger partial charge on any atom is -0.437 e. The number of rotatable bonds is 1. The summed E-state index contributed by atoms with van der Waals surface area (Å²) in [6, 6.07) is 0. The van der Waals surface area contributed by atoms with Gasteiger partial charge in [-0.15, -0.1) is 0 Å². The van der Waals surface area contributed by atoms with Crippen LogP contribution in [-0.4, -0.2) is 4.98 Å². The molecule has 0 aromatic carbocycles. The maximum atomic E-state index is 5.11. The highest BCUT2D eigenvalue weighted by atomic mass is 127. The van der Waals surface area contributed by atoms with Crippen LogP contribution in [0.25, 0.3) is 0 Å². The Morgan fingerprint density at radius 1 is 1.88 bits per heavy atom. The number of halogens is 1. The zero-order valence-electron chi connectivity index (χ0n) is 4.52. The maximum Gasteiger partial charge on any atom is 0.257 e. The molecule has 0 aliphatic carbocycles. The van der Waals surface area contributed by atoms with E-state index in [1.807, 2.05) is 29.5 Å². The lowest BCUT2D eigenvalue weighted by atomic mass is 10.4. The summed E-state index contributed by atoms with van der Waals surface area (Å²) >= 11 is 2.05. The normalized spacial score (nSPS) is 9.75. The average Bonchev–Trinajstić information content (AvgIpc) is 2.14. The van der Waals surface area contributed by atoms with E-state index in [1.165, 1.54) is 0 Å². The summed E-state index contributed by atoms with van der Waals surface area (Å²) in [6.07, 6.45) is 2.68. The zero-order chi connectivity index (χ0) is 5.98. The fourth-order valence-corrected chi connectivity index (χ4v) is 0.869. The van der Waals surface area contributed by atoms with Crippen LogP contribution in [0.2, 0.25) is 0 Å². The molecular formula is C5H6INO. The van der Waals surface area contributed by atoms with Gasteiger partial charge in [-0.1, -0.05) is 6.92 Å². The Kier molecular flexibility index (Phi) is 1.88. The first kappa shape index (κ1) is 6.07. The number of hydrogen-bond donors (Lipinski definition) is 0. The van der Waals surface area contributed by atoms with Gasteiger partial charge in [-0.3, -0.25) is 0 Å². The van der Waals surface area contributed by atoms with E-state index in [-0.39, 0.29) is 0 Å². The van der Waals surface area contributed by atoms with E-state index in [0.29, 0.717) is 0 Å². The van der Waals surface area contributed by atoms with Gasteiger partial charge in [-0.05, 0) is 0 Å². The highest BCUT2D eigenvalue weighted by Crippen LogP contribution is 2.05. The molecule has 0 radical (unpaired) electrons. The van der Waals surface area contributed by atoms with E-state index in [2.05, 4.69) is 4.98 Å². The predicted molar refractivity (Wildman–Crippen MR) is 38.6 cm³/mol. The first-order valence-electron chi connectivity index (χ1n) is 2.43. The van der Waals surface area contributed by atoms with Gasteiger partial charge in [-0.2, -0.15) is 0 Å². The highest BCUT2D eigenvalue weighted by Gasteiger charge is 1.94. The van der Waals surface area contributed by atoms with Crippen molar-refractivity contribution in [1.82, 2.24) is 4.98 Å². The largest absolute Gasteiger partial charge is 0.437 e. The molecule has 1 rings (SSSR count). The lowest BCUT2D eigenvalue weighted by Gasteiger charge is -1.79. The van der Waals surface area contributed by atoms with E-state index < -0.39 is 0 Å². The lowest BCUT2D eigenvalue weighted by molar-refractivity contribution is 0.482. The minimum atomic E-state index is 0.722. The van der Waals surface area contributed by atoms with Gasteiger partial charge in [0.05, 0.1) is 6.20 Å². The van der Waals surface area contributed by atoms with Crippen LogP contribution in [0.4, 0.5) is 0 Å². The minimum absolute atomic E-state index is 0.722. The van der Waals surface area contributed by atoms with Crippen molar-refractivity contribution in [1.29, 1.82) is 0 Å². The van der Waals surface area contributed by atoms with E-state index in [9.17, 15) is 0 Å². The molecular weight excluding hydrogens is 217 g/mol. The quantitative estimate of drug-likeness (QED) is 0.679. The molecule has 1 heterocycles. The van der Waals surface area contributed by atoms with Crippen molar-refractivity contribution in [3.8, 4) is 0 Å². The molecule has 3 heteroatoms. The molecule has 0 saturated heterocycles. The van der Waals surface area contributed by atoms with Crippen molar-refractivity contribution in [2.75, 3.05) is 0 Å². The number of oxazole rings is 1. The van der Waals surface area contributed by atoms with E-state index in [1.54, 1.807) is 6.20 Å². The Morgan fingerprint density at radius 2 is 2.62 bits per heavy atom. The molecule has 2 nitrogen and oxygen atoms in total. The standard InChI is InChI=1S/C5H6INO/c1-2-4-3-7-5(6)8-4/h3H,2H2,1H3. The van der Waals surface area contributed by atoms with E-state index >= 15 is 0 Å². The van der Waals surface area contributed by atoms with Gasteiger partial charge in [0.25, 0.3) is 3.90 Å². The van der Waals surface area contributed by atoms with Crippen LogP contribution >= 0.6 is 22.6 Å². The van der Waals surface area contributed by atoms with Gasteiger partial charge in [0.2, 0.25) is 0 Å². The lowest BCUT2D eigenvalue weighted by Crippen LogP contribution is -1.67. The summed E-state index contributed by atoms with van der Waals surface area (Å²) in [5.74, 6) is 0.953. The Balaban J connectivity index is 2.84. The van der Waals surface area contributed by atoms with Crippen LogP contribution < -0.4 is 0 Å². The van der Waals surface area contributed by atoms with Crippen molar-refractivity contribution >= 4 is 22.6 Å². The van der Waals surface area contributed by atoms with E-state index in [0.717, 1.165) is 16.1 Å². The molecule has 0 atom stereocenters. The molecule has 0 saturated carbocycles. The third-order valence-corrected chi connectivity index (χ3v) is 1.37. The van der Waals surface area contributed by atoms with Gasteiger partial charge in [0.15, 0.2) is 0 Å². The van der Waals surface area contributed by atoms with Gasteiger partial charge < -0.3 is 4.42 Å². The molecule has 1 aromatic heterocycles. The van der Waals surface area contributed by atoms with Crippen molar-refractivity contribution in [2.24, 2.45) is 0 Å². The number of aromatic nitrogens is 1. The summed E-state index contributed by atoms with van der Waals surface area (Å²) < 4.78 is 5.83.